The van der Waals surface area contributed by atoms with E-state index in [0.717, 1.165) is 17.1 Å². The van der Waals surface area contributed by atoms with Crippen LogP contribution < -0.4 is 0 Å². The fourth-order valence-electron chi connectivity index (χ4n) is 1.76. The van der Waals surface area contributed by atoms with Crippen molar-refractivity contribution in [3.8, 4) is 11.3 Å². The van der Waals surface area contributed by atoms with E-state index >= 15 is 0 Å². The summed E-state index contributed by atoms with van der Waals surface area (Å²) in [5.41, 5.74) is 1.06. The number of benzene rings is 1. The van der Waals surface area contributed by atoms with Gasteiger partial charge in [0.15, 0.2) is 5.76 Å². The highest BCUT2D eigenvalue weighted by Crippen LogP contribution is 2.29. The lowest BCUT2D eigenvalue weighted by Crippen LogP contribution is -1.94. The second-order valence-corrected chi connectivity index (χ2v) is 3.64. The Bertz CT molecular complexity index is 455. The molecule has 1 aromatic carbocycles. The van der Waals surface area contributed by atoms with Gasteiger partial charge < -0.3 is 13.9 Å². The summed E-state index contributed by atoms with van der Waals surface area (Å²) < 4.78 is 16.4. The Labute approximate surface area is 93.6 Å². The van der Waals surface area contributed by atoms with E-state index in [1.54, 1.807) is 0 Å². The number of rotatable bonds is 2. The maximum Gasteiger partial charge on any atom is 0.217 e. The molecule has 1 aliphatic heterocycles. The fourth-order valence-corrected chi connectivity index (χ4v) is 1.76. The molecule has 3 nitrogen and oxygen atoms in total. The van der Waals surface area contributed by atoms with Crippen molar-refractivity contribution in [3.63, 3.8) is 0 Å². The van der Waals surface area contributed by atoms with Gasteiger partial charge in [0.05, 0.1) is 13.2 Å². The van der Waals surface area contributed by atoms with Gasteiger partial charge in [0.1, 0.15) is 5.76 Å². The van der Waals surface area contributed by atoms with Crippen LogP contribution in [0.25, 0.3) is 11.3 Å². The molecule has 1 saturated heterocycles. The van der Waals surface area contributed by atoms with E-state index in [9.17, 15) is 0 Å². The van der Waals surface area contributed by atoms with Gasteiger partial charge in [-0.2, -0.15) is 0 Å². The second-order valence-electron chi connectivity index (χ2n) is 3.64. The lowest BCUT2D eigenvalue weighted by atomic mass is 10.2. The first-order valence-electron chi connectivity index (χ1n) is 5.32. The quantitative estimate of drug-likeness (QED) is 0.773. The Kier molecular flexibility index (Phi) is 2.48. The van der Waals surface area contributed by atoms with Crippen LogP contribution in [0.4, 0.5) is 0 Å². The highest BCUT2D eigenvalue weighted by atomic mass is 16.7. The van der Waals surface area contributed by atoms with Gasteiger partial charge >= 0.3 is 0 Å². The molecule has 0 spiro atoms. The van der Waals surface area contributed by atoms with E-state index in [2.05, 4.69) is 0 Å². The number of hydrogen-bond donors (Lipinski definition) is 0. The zero-order valence-electron chi connectivity index (χ0n) is 8.76. The van der Waals surface area contributed by atoms with E-state index in [-0.39, 0.29) is 6.29 Å². The number of furan rings is 1. The van der Waals surface area contributed by atoms with Crippen LogP contribution in [0.1, 0.15) is 12.1 Å². The van der Waals surface area contributed by atoms with Crippen molar-refractivity contribution in [2.24, 2.45) is 0 Å². The first kappa shape index (κ1) is 9.63. The minimum Gasteiger partial charge on any atom is -0.456 e. The normalized spacial score (nSPS) is 16.8. The van der Waals surface area contributed by atoms with Crippen molar-refractivity contribution in [1.82, 2.24) is 0 Å². The Morgan fingerprint density at radius 3 is 2.38 bits per heavy atom. The van der Waals surface area contributed by atoms with Crippen LogP contribution in [0.2, 0.25) is 0 Å². The Morgan fingerprint density at radius 2 is 1.62 bits per heavy atom. The molecule has 0 atom stereocenters. The topological polar surface area (TPSA) is 31.6 Å². The van der Waals surface area contributed by atoms with Crippen molar-refractivity contribution in [2.45, 2.75) is 6.29 Å². The molecule has 1 aliphatic rings. The highest BCUT2D eigenvalue weighted by Gasteiger charge is 2.21. The average molecular weight is 216 g/mol. The van der Waals surface area contributed by atoms with Gasteiger partial charge in [-0.05, 0) is 12.1 Å². The van der Waals surface area contributed by atoms with Crippen molar-refractivity contribution < 1.29 is 13.9 Å². The Balaban J connectivity index is 1.87. The first-order valence-corrected chi connectivity index (χ1v) is 5.32. The lowest BCUT2D eigenvalue weighted by Gasteiger charge is -2.04. The molecule has 0 aliphatic carbocycles. The molecule has 1 fully saturated rings. The summed E-state index contributed by atoms with van der Waals surface area (Å²) in [5, 5.41) is 0. The van der Waals surface area contributed by atoms with E-state index in [4.69, 9.17) is 13.9 Å². The number of ether oxygens (including phenoxy) is 2. The van der Waals surface area contributed by atoms with Crippen molar-refractivity contribution >= 4 is 0 Å². The SMILES string of the molecule is c1ccc(-c2ccc(C3OCCO3)o2)cc1. The van der Waals surface area contributed by atoms with Gasteiger partial charge in [0.25, 0.3) is 0 Å². The molecular formula is C13H12O3. The molecule has 3 heteroatoms. The Hall–Kier alpha value is -1.58. The van der Waals surface area contributed by atoms with Gasteiger partial charge in [-0.25, -0.2) is 0 Å². The second kappa shape index (κ2) is 4.12. The first-order chi connectivity index (χ1) is 7.93. The summed E-state index contributed by atoms with van der Waals surface area (Å²) in [7, 11) is 0. The molecule has 0 saturated carbocycles. The zero-order valence-corrected chi connectivity index (χ0v) is 8.76. The molecule has 16 heavy (non-hydrogen) atoms. The summed E-state index contributed by atoms with van der Waals surface area (Å²) in [6.07, 6.45) is -0.336. The van der Waals surface area contributed by atoms with Crippen LogP contribution in [0.5, 0.6) is 0 Å². The smallest absolute Gasteiger partial charge is 0.217 e. The van der Waals surface area contributed by atoms with Crippen molar-refractivity contribution in [1.29, 1.82) is 0 Å². The molecule has 82 valence electrons. The van der Waals surface area contributed by atoms with Gasteiger partial charge in [-0.3, -0.25) is 0 Å². The summed E-state index contributed by atoms with van der Waals surface area (Å²) in [5.74, 6) is 1.58. The van der Waals surface area contributed by atoms with Gasteiger partial charge in [0, 0.05) is 5.56 Å². The third kappa shape index (κ3) is 1.75. The predicted molar refractivity (Wildman–Crippen MR) is 58.8 cm³/mol. The van der Waals surface area contributed by atoms with Crippen LogP contribution in [0, 0.1) is 0 Å². The summed E-state index contributed by atoms with van der Waals surface area (Å²) in [6, 6.07) is 13.8. The van der Waals surface area contributed by atoms with E-state index < -0.39 is 0 Å². The number of hydrogen-bond acceptors (Lipinski definition) is 3. The maximum atomic E-state index is 5.70. The highest BCUT2D eigenvalue weighted by molar-refractivity contribution is 5.57. The van der Waals surface area contributed by atoms with E-state index in [1.165, 1.54) is 0 Å². The van der Waals surface area contributed by atoms with Crippen LogP contribution in [-0.4, -0.2) is 13.2 Å². The van der Waals surface area contributed by atoms with Gasteiger partial charge in [-0.15, -0.1) is 0 Å². The van der Waals surface area contributed by atoms with E-state index in [1.807, 2.05) is 42.5 Å². The van der Waals surface area contributed by atoms with Crippen LogP contribution in [-0.2, 0) is 9.47 Å². The summed E-state index contributed by atoms with van der Waals surface area (Å²) >= 11 is 0. The summed E-state index contributed by atoms with van der Waals surface area (Å²) in [4.78, 5) is 0. The van der Waals surface area contributed by atoms with E-state index in [0.29, 0.717) is 13.2 Å². The molecule has 1 aromatic heterocycles. The molecule has 2 aromatic rings. The lowest BCUT2D eigenvalue weighted by molar-refractivity contribution is -0.0585. The largest absolute Gasteiger partial charge is 0.456 e. The minimum absolute atomic E-state index is 0.336. The molecule has 0 amide bonds. The molecule has 0 radical (unpaired) electrons. The Morgan fingerprint density at radius 1 is 0.875 bits per heavy atom. The maximum absolute atomic E-state index is 5.70. The predicted octanol–water partition coefficient (Wildman–Crippen LogP) is 2.99. The zero-order chi connectivity index (χ0) is 10.8. The monoisotopic (exact) mass is 216 g/mol. The van der Waals surface area contributed by atoms with Crippen LogP contribution in [0.3, 0.4) is 0 Å². The molecule has 0 N–H and O–H groups in total. The fraction of sp³-hybridized carbons (Fsp3) is 0.231. The minimum atomic E-state index is -0.336. The molecule has 2 heterocycles. The van der Waals surface area contributed by atoms with Crippen LogP contribution >= 0.6 is 0 Å². The summed E-state index contributed by atoms with van der Waals surface area (Å²) in [6.45, 7) is 1.26. The molecule has 3 rings (SSSR count). The molecule has 0 unspecified atom stereocenters. The molecular weight excluding hydrogens is 204 g/mol. The third-order valence-corrected chi connectivity index (χ3v) is 2.54. The van der Waals surface area contributed by atoms with Gasteiger partial charge in [0.2, 0.25) is 6.29 Å². The third-order valence-electron chi connectivity index (χ3n) is 2.54. The molecule has 0 bridgehead atoms. The average Bonchev–Trinajstić information content (AvgIpc) is 3.01. The standard InChI is InChI=1S/C13H12O3/c1-2-4-10(5-3-1)11-6-7-12(16-11)13-14-8-9-15-13/h1-7,13H,8-9H2. The van der Waals surface area contributed by atoms with Crippen molar-refractivity contribution in [2.75, 3.05) is 13.2 Å². The van der Waals surface area contributed by atoms with Crippen LogP contribution in [0.15, 0.2) is 46.9 Å². The van der Waals surface area contributed by atoms with Crippen molar-refractivity contribution in [3.05, 3.63) is 48.2 Å². The van der Waals surface area contributed by atoms with Gasteiger partial charge in [-0.1, -0.05) is 30.3 Å².